The maximum Gasteiger partial charge on any atom is 0.331 e. The fourth-order valence-electron chi connectivity index (χ4n) is 0.739. The number of hydrogen-bond acceptors (Lipinski definition) is 3. The normalized spacial score (nSPS) is 33.0. The maximum absolute atomic E-state index is 10.1. The number of aliphatic imine (C=N–C) groups is 1. The van der Waals surface area contributed by atoms with Crippen LogP contribution < -0.4 is 0 Å². The highest BCUT2D eigenvalue weighted by Gasteiger charge is 2.27. The molecule has 0 aromatic heterocycles. The number of carboxylic acid groups (broad SMARTS) is 1. The molecule has 50 valence electrons. The van der Waals surface area contributed by atoms with Gasteiger partial charge in [0.1, 0.15) is 0 Å². The molecule has 0 unspecified atom stereocenters. The van der Waals surface area contributed by atoms with Crippen molar-refractivity contribution in [1.29, 1.82) is 0 Å². The van der Waals surface area contributed by atoms with Crippen LogP contribution in [0.3, 0.4) is 0 Å². The van der Waals surface area contributed by atoms with Gasteiger partial charge in [-0.2, -0.15) is 0 Å². The van der Waals surface area contributed by atoms with E-state index in [0.29, 0.717) is 6.42 Å². The molecule has 0 aliphatic carbocycles. The molecule has 2 N–H and O–H groups in total. The van der Waals surface area contributed by atoms with Crippen LogP contribution in [-0.2, 0) is 4.79 Å². The van der Waals surface area contributed by atoms with Crippen LogP contribution in [0.4, 0.5) is 0 Å². The predicted octanol–water partition coefficient (Wildman–Crippen LogP) is -0.725. The Hall–Kier alpha value is -0.900. The van der Waals surface area contributed by atoms with E-state index >= 15 is 0 Å². The van der Waals surface area contributed by atoms with Gasteiger partial charge >= 0.3 is 5.97 Å². The molecule has 0 saturated carbocycles. The summed E-state index contributed by atoms with van der Waals surface area (Å²) >= 11 is 0. The van der Waals surface area contributed by atoms with Crippen molar-refractivity contribution in [2.75, 3.05) is 0 Å². The van der Waals surface area contributed by atoms with E-state index in [0.717, 1.165) is 0 Å². The topological polar surface area (TPSA) is 69.9 Å². The summed E-state index contributed by atoms with van der Waals surface area (Å²) < 4.78 is 0. The van der Waals surface area contributed by atoms with Gasteiger partial charge in [0, 0.05) is 12.6 Å². The number of aliphatic hydroxyl groups is 1. The van der Waals surface area contributed by atoms with Gasteiger partial charge in [0.05, 0.1) is 6.10 Å². The zero-order valence-electron chi connectivity index (χ0n) is 4.69. The van der Waals surface area contributed by atoms with E-state index in [-0.39, 0.29) is 0 Å². The van der Waals surface area contributed by atoms with E-state index in [2.05, 4.69) is 4.99 Å². The highest BCUT2D eigenvalue weighted by atomic mass is 16.4. The van der Waals surface area contributed by atoms with Gasteiger partial charge in [-0.3, -0.25) is 4.99 Å². The average Bonchev–Trinajstić information content (AvgIpc) is 2.13. The maximum atomic E-state index is 10.1. The van der Waals surface area contributed by atoms with E-state index < -0.39 is 18.1 Å². The predicted molar refractivity (Wildman–Crippen MR) is 30.5 cm³/mol. The van der Waals surface area contributed by atoms with E-state index in [1.165, 1.54) is 6.21 Å². The first-order chi connectivity index (χ1) is 4.22. The molecule has 1 heterocycles. The van der Waals surface area contributed by atoms with Crippen molar-refractivity contribution in [3.8, 4) is 0 Å². The highest BCUT2D eigenvalue weighted by Crippen LogP contribution is 2.08. The Kier molecular flexibility index (Phi) is 1.48. The van der Waals surface area contributed by atoms with Crippen LogP contribution in [0.2, 0.25) is 0 Å². The third-order valence-electron chi connectivity index (χ3n) is 1.23. The lowest BCUT2D eigenvalue weighted by atomic mass is 10.2. The van der Waals surface area contributed by atoms with Crippen LogP contribution in [0.25, 0.3) is 0 Å². The Balaban J connectivity index is 2.59. The molecule has 0 amide bonds. The molecular weight excluding hydrogens is 122 g/mol. The van der Waals surface area contributed by atoms with E-state index in [9.17, 15) is 4.79 Å². The standard InChI is InChI=1S/C5H7NO3/c7-3-1-2-6-4(3)5(8)9/h2-4,7H,1H2,(H,8,9)/t3-,4-/m1/s1. The summed E-state index contributed by atoms with van der Waals surface area (Å²) in [4.78, 5) is 13.7. The van der Waals surface area contributed by atoms with Crippen LogP contribution in [0, 0.1) is 0 Å². The summed E-state index contributed by atoms with van der Waals surface area (Å²) in [7, 11) is 0. The van der Waals surface area contributed by atoms with Crippen LogP contribution in [-0.4, -0.2) is 34.5 Å². The van der Waals surface area contributed by atoms with Crippen molar-refractivity contribution in [2.24, 2.45) is 4.99 Å². The van der Waals surface area contributed by atoms with E-state index in [1.54, 1.807) is 0 Å². The number of nitrogens with zero attached hydrogens (tertiary/aromatic N) is 1. The van der Waals surface area contributed by atoms with Gasteiger partial charge in [0.25, 0.3) is 0 Å². The third kappa shape index (κ3) is 1.08. The second kappa shape index (κ2) is 2.14. The van der Waals surface area contributed by atoms with Crippen molar-refractivity contribution < 1.29 is 15.0 Å². The summed E-state index contributed by atoms with van der Waals surface area (Å²) in [5.41, 5.74) is 0. The second-order valence-electron chi connectivity index (χ2n) is 1.92. The van der Waals surface area contributed by atoms with E-state index in [4.69, 9.17) is 10.2 Å². The minimum atomic E-state index is -1.06. The number of aliphatic hydroxyl groups excluding tert-OH is 1. The molecule has 0 radical (unpaired) electrons. The van der Waals surface area contributed by atoms with Crippen molar-refractivity contribution >= 4 is 12.2 Å². The molecule has 4 nitrogen and oxygen atoms in total. The molecule has 1 rings (SSSR count). The van der Waals surface area contributed by atoms with Gasteiger partial charge in [0.15, 0.2) is 6.04 Å². The molecule has 0 saturated heterocycles. The Morgan fingerprint density at radius 2 is 2.44 bits per heavy atom. The van der Waals surface area contributed by atoms with Gasteiger partial charge in [-0.15, -0.1) is 0 Å². The van der Waals surface area contributed by atoms with Gasteiger partial charge in [-0.1, -0.05) is 0 Å². The number of carbonyl (C=O) groups is 1. The Morgan fingerprint density at radius 3 is 2.67 bits per heavy atom. The van der Waals surface area contributed by atoms with E-state index in [1.807, 2.05) is 0 Å². The summed E-state index contributed by atoms with van der Waals surface area (Å²) in [5.74, 6) is -1.06. The molecular formula is C5H7NO3. The Morgan fingerprint density at radius 1 is 1.78 bits per heavy atom. The summed E-state index contributed by atoms with van der Waals surface area (Å²) in [6.45, 7) is 0. The van der Waals surface area contributed by atoms with Gasteiger partial charge in [-0.05, 0) is 0 Å². The minimum Gasteiger partial charge on any atom is -0.480 e. The summed E-state index contributed by atoms with van der Waals surface area (Å²) in [6, 6.07) is -0.926. The van der Waals surface area contributed by atoms with Crippen LogP contribution >= 0.6 is 0 Å². The first-order valence-corrected chi connectivity index (χ1v) is 2.64. The molecule has 0 aromatic rings. The smallest absolute Gasteiger partial charge is 0.331 e. The van der Waals surface area contributed by atoms with Crippen molar-refractivity contribution in [3.63, 3.8) is 0 Å². The molecule has 1 aliphatic rings. The number of aliphatic carboxylic acids is 1. The lowest BCUT2D eigenvalue weighted by molar-refractivity contribution is -0.140. The Labute approximate surface area is 51.8 Å². The average molecular weight is 129 g/mol. The van der Waals surface area contributed by atoms with Crippen molar-refractivity contribution in [3.05, 3.63) is 0 Å². The monoisotopic (exact) mass is 129 g/mol. The number of rotatable bonds is 1. The molecule has 0 aromatic carbocycles. The first-order valence-electron chi connectivity index (χ1n) is 2.64. The zero-order chi connectivity index (χ0) is 6.85. The van der Waals surface area contributed by atoms with Gasteiger partial charge in [0.2, 0.25) is 0 Å². The lowest BCUT2D eigenvalue weighted by Crippen LogP contribution is -2.27. The summed E-state index contributed by atoms with van der Waals surface area (Å²) in [6.07, 6.45) is 0.975. The number of hydrogen-bond donors (Lipinski definition) is 2. The molecule has 2 atom stereocenters. The Bertz CT molecular complexity index is 154. The second-order valence-corrected chi connectivity index (χ2v) is 1.92. The van der Waals surface area contributed by atoms with Crippen molar-refractivity contribution in [2.45, 2.75) is 18.6 Å². The van der Waals surface area contributed by atoms with Gasteiger partial charge in [-0.25, -0.2) is 4.79 Å². The van der Waals surface area contributed by atoms with Crippen molar-refractivity contribution in [1.82, 2.24) is 0 Å². The molecule has 0 bridgehead atoms. The summed E-state index contributed by atoms with van der Waals surface area (Å²) in [5, 5.41) is 17.2. The minimum absolute atomic E-state index is 0.358. The van der Waals surface area contributed by atoms with Crippen LogP contribution in [0.1, 0.15) is 6.42 Å². The molecule has 0 fully saturated rings. The third-order valence-corrected chi connectivity index (χ3v) is 1.23. The SMILES string of the molecule is O=C(O)[C@@H]1N=CC[C@H]1O. The molecule has 4 heteroatoms. The fourth-order valence-corrected chi connectivity index (χ4v) is 0.739. The zero-order valence-corrected chi connectivity index (χ0v) is 4.69. The number of carboxylic acids is 1. The quantitative estimate of drug-likeness (QED) is 0.490. The first kappa shape index (κ1) is 6.22. The highest BCUT2D eigenvalue weighted by molar-refractivity contribution is 5.80. The molecule has 9 heavy (non-hydrogen) atoms. The van der Waals surface area contributed by atoms with Crippen LogP contribution in [0.5, 0.6) is 0 Å². The molecule has 1 aliphatic heterocycles. The fraction of sp³-hybridized carbons (Fsp3) is 0.600. The lowest BCUT2D eigenvalue weighted by Gasteiger charge is -2.04. The largest absolute Gasteiger partial charge is 0.480 e. The molecule has 0 spiro atoms. The van der Waals surface area contributed by atoms with Gasteiger partial charge < -0.3 is 10.2 Å². The van der Waals surface area contributed by atoms with Crippen LogP contribution in [0.15, 0.2) is 4.99 Å².